The van der Waals surface area contributed by atoms with Gasteiger partial charge in [0, 0.05) is 13.1 Å². The number of guanidine groups is 1. The Labute approximate surface area is 149 Å². The molecule has 144 valence electrons. The molecule has 1 aromatic carbocycles. The number of benzene rings is 1. The van der Waals surface area contributed by atoms with E-state index >= 15 is 0 Å². The van der Waals surface area contributed by atoms with Crippen LogP contribution in [-0.2, 0) is 4.74 Å². The SMILES string of the molecule is CC(C)(C)OC(=O)N1CC(N=C(N)Nc2ccccc2OC(F)(F)F)C1. The molecule has 0 spiro atoms. The summed E-state index contributed by atoms with van der Waals surface area (Å²) >= 11 is 0. The summed E-state index contributed by atoms with van der Waals surface area (Å²) in [6.07, 6.45) is -5.26. The monoisotopic (exact) mass is 374 g/mol. The zero-order valence-corrected chi connectivity index (χ0v) is 14.6. The Hall–Kier alpha value is -2.65. The van der Waals surface area contributed by atoms with E-state index in [1.807, 2.05) is 0 Å². The van der Waals surface area contributed by atoms with Crippen LogP contribution in [0.25, 0.3) is 0 Å². The van der Waals surface area contributed by atoms with Crippen LogP contribution in [0.1, 0.15) is 20.8 Å². The molecule has 2 rings (SSSR count). The third-order valence-corrected chi connectivity index (χ3v) is 3.21. The van der Waals surface area contributed by atoms with Gasteiger partial charge in [0.15, 0.2) is 11.7 Å². The van der Waals surface area contributed by atoms with Gasteiger partial charge in [0.1, 0.15) is 5.60 Å². The number of amides is 1. The first-order valence-corrected chi connectivity index (χ1v) is 7.86. The van der Waals surface area contributed by atoms with E-state index in [-0.39, 0.29) is 17.7 Å². The van der Waals surface area contributed by atoms with Gasteiger partial charge in [-0.05, 0) is 32.9 Å². The van der Waals surface area contributed by atoms with Gasteiger partial charge in [-0.25, -0.2) is 9.79 Å². The lowest BCUT2D eigenvalue weighted by Gasteiger charge is -2.37. The van der Waals surface area contributed by atoms with Crippen LogP contribution < -0.4 is 15.8 Å². The van der Waals surface area contributed by atoms with Crippen LogP contribution in [0.5, 0.6) is 5.75 Å². The lowest BCUT2D eigenvalue weighted by Crippen LogP contribution is -2.54. The Kier molecular flexibility index (Phi) is 5.53. The van der Waals surface area contributed by atoms with Gasteiger partial charge >= 0.3 is 12.5 Å². The molecule has 0 aromatic heterocycles. The maximum Gasteiger partial charge on any atom is 0.573 e. The molecule has 26 heavy (non-hydrogen) atoms. The standard InChI is InChI=1S/C16H21F3N4O3/c1-15(2,3)26-14(24)23-8-10(9-23)21-13(20)22-11-6-4-5-7-12(11)25-16(17,18)19/h4-7,10H,8-9H2,1-3H3,(H3,20,21,22). The second-order valence-electron chi connectivity index (χ2n) is 6.72. The molecule has 7 nitrogen and oxygen atoms in total. The molecule has 1 fully saturated rings. The summed E-state index contributed by atoms with van der Waals surface area (Å²) in [4.78, 5) is 17.4. The minimum Gasteiger partial charge on any atom is -0.444 e. The molecule has 0 aliphatic carbocycles. The molecular formula is C16H21F3N4O3. The second-order valence-corrected chi connectivity index (χ2v) is 6.72. The number of alkyl halides is 3. The van der Waals surface area contributed by atoms with Gasteiger partial charge in [0.2, 0.25) is 0 Å². The quantitative estimate of drug-likeness (QED) is 0.627. The van der Waals surface area contributed by atoms with Gasteiger partial charge in [-0.15, -0.1) is 13.2 Å². The molecule has 1 aromatic rings. The van der Waals surface area contributed by atoms with Crippen molar-refractivity contribution in [2.75, 3.05) is 18.4 Å². The van der Waals surface area contributed by atoms with Gasteiger partial charge in [-0.3, -0.25) is 0 Å². The van der Waals surface area contributed by atoms with Gasteiger partial charge in [-0.2, -0.15) is 0 Å². The predicted molar refractivity (Wildman–Crippen MR) is 90.0 cm³/mol. The van der Waals surface area contributed by atoms with Crippen molar-refractivity contribution in [1.82, 2.24) is 4.90 Å². The number of carbonyl (C=O) groups is 1. The number of para-hydroxylation sites is 2. The fourth-order valence-electron chi connectivity index (χ4n) is 2.16. The summed E-state index contributed by atoms with van der Waals surface area (Å²) in [5, 5.41) is 2.58. The molecule has 1 heterocycles. The van der Waals surface area contributed by atoms with E-state index in [4.69, 9.17) is 10.5 Å². The van der Waals surface area contributed by atoms with Crippen molar-refractivity contribution >= 4 is 17.7 Å². The summed E-state index contributed by atoms with van der Waals surface area (Å²) in [6, 6.07) is 5.23. The van der Waals surface area contributed by atoms with Gasteiger partial charge in [0.25, 0.3) is 0 Å². The molecule has 3 N–H and O–H groups in total. The highest BCUT2D eigenvalue weighted by Gasteiger charge is 2.34. The molecule has 1 amide bonds. The molecule has 1 saturated heterocycles. The maximum absolute atomic E-state index is 12.4. The minimum absolute atomic E-state index is 0.0365. The van der Waals surface area contributed by atoms with E-state index < -0.39 is 23.8 Å². The number of ether oxygens (including phenoxy) is 2. The number of halogens is 3. The van der Waals surface area contributed by atoms with Crippen LogP contribution in [0.2, 0.25) is 0 Å². The highest BCUT2D eigenvalue weighted by Crippen LogP contribution is 2.29. The number of nitrogens with two attached hydrogens (primary N) is 1. The Balaban J connectivity index is 1.92. The van der Waals surface area contributed by atoms with Crippen LogP contribution in [0.4, 0.5) is 23.7 Å². The minimum atomic E-state index is -4.81. The Morgan fingerprint density at radius 1 is 1.27 bits per heavy atom. The summed E-state index contributed by atoms with van der Waals surface area (Å²) in [5.74, 6) is -0.487. The van der Waals surface area contributed by atoms with Crippen LogP contribution in [0.15, 0.2) is 29.3 Å². The second kappa shape index (κ2) is 7.30. The third kappa shape index (κ3) is 6.01. The summed E-state index contributed by atoms with van der Waals surface area (Å²) in [5.41, 5.74) is 5.19. The van der Waals surface area contributed by atoms with Crippen molar-refractivity contribution in [3.63, 3.8) is 0 Å². The summed E-state index contributed by atoms with van der Waals surface area (Å²) < 4.78 is 46.4. The number of aliphatic imine (C=N–C) groups is 1. The van der Waals surface area contributed by atoms with Crippen molar-refractivity contribution in [3.8, 4) is 5.75 Å². The largest absolute Gasteiger partial charge is 0.573 e. The molecule has 0 bridgehead atoms. The number of rotatable bonds is 3. The van der Waals surface area contributed by atoms with Crippen LogP contribution in [0.3, 0.4) is 0 Å². The fraction of sp³-hybridized carbons (Fsp3) is 0.500. The zero-order chi connectivity index (χ0) is 19.5. The van der Waals surface area contributed by atoms with Crippen molar-refractivity contribution in [3.05, 3.63) is 24.3 Å². The van der Waals surface area contributed by atoms with E-state index in [0.29, 0.717) is 13.1 Å². The Morgan fingerprint density at radius 2 is 1.88 bits per heavy atom. The summed E-state index contributed by atoms with van der Waals surface area (Å²) in [7, 11) is 0. The average Bonchev–Trinajstić information content (AvgIpc) is 2.41. The van der Waals surface area contributed by atoms with E-state index in [0.717, 1.165) is 6.07 Å². The summed E-state index contributed by atoms with van der Waals surface area (Å²) in [6.45, 7) is 5.93. The number of likely N-dealkylation sites (tertiary alicyclic amines) is 1. The maximum atomic E-state index is 12.4. The fourth-order valence-corrected chi connectivity index (χ4v) is 2.16. The van der Waals surface area contributed by atoms with Gasteiger partial charge in [0.05, 0.1) is 11.7 Å². The molecular weight excluding hydrogens is 353 g/mol. The predicted octanol–water partition coefficient (Wildman–Crippen LogP) is 2.93. The molecule has 1 aliphatic rings. The molecule has 0 atom stereocenters. The van der Waals surface area contributed by atoms with Crippen molar-refractivity contribution in [2.45, 2.75) is 38.8 Å². The molecule has 0 unspecified atom stereocenters. The number of carbonyl (C=O) groups excluding carboxylic acids is 1. The van der Waals surface area contributed by atoms with Gasteiger partial charge in [-0.1, -0.05) is 12.1 Å². The van der Waals surface area contributed by atoms with E-state index in [9.17, 15) is 18.0 Å². The number of hydrogen-bond donors (Lipinski definition) is 2. The van der Waals surface area contributed by atoms with E-state index in [1.54, 1.807) is 20.8 Å². The third-order valence-electron chi connectivity index (χ3n) is 3.21. The number of nitrogens with zero attached hydrogens (tertiary/aromatic N) is 2. The average molecular weight is 374 g/mol. The topological polar surface area (TPSA) is 89.2 Å². The number of anilines is 1. The zero-order valence-electron chi connectivity index (χ0n) is 14.6. The number of nitrogens with one attached hydrogen (secondary N) is 1. The first-order valence-electron chi connectivity index (χ1n) is 7.86. The normalized spacial score (nSPS) is 16.1. The number of hydrogen-bond acceptors (Lipinski definition) is 4. The first-order chi connectivity index (χ1) is 11.9. The van der Waals surface area contributed by atoms with Crippen molar-refractivity contribution < 1.29 is 27.4 Å². The molecule has 0 saturated carbocycles. The Bertz CT molecular complexity index is 680. The molecule has 0 radical (unpaired) electrons. The smallest absolute Gasteiger partial charge is 0.444 e. The molecule has 10 heteroatoms. The van der Waals surface area contributed by atoms with Crippen LogP contribution in [-0.4, -0.2) is 48.0 Å². The van der Waals surface area contributed by atoms with Gasteiger partial charge < -0.3 is 25.4 Å². The van der Waals surface area contributed by atoms with E-state index in [1.165, 1.54) is 23.1 Å². The highest BCUT2D eigenvalue weighted by molar-refractivity contribution is 5.93. The first kappa shape index (κ1) is 19.7. The van der Waals surface area contributed by atoms with E-state index in [2.05, 4.69) is 15.0 Å². The highest BCUT2D eigenvalue weighted by atomic mass is 19.4. The van der Waals surface area contributed by atoms with Crippen LogP contribution >= 0.6 is 0 Å². The van der Waals surface area contributed by atoms with Crippen LogP contribution in [0, 0.1) is 0 Å². The Morgan fingerprint density at radius 3 is 2.46 bits per heavy atom. The van der Waals surface area contributed by atoms with Crippen molar-refractivity contribution in [2.24, 2.45) is 10.7 Å². The molecule has 1 aliphatic heterocycles. The van der Waals surface area contributed by atoms with Crippen molar-refractivity contribution in [1.29, 1.82) is 0 Å². The lowest BCUT2D eigenvalue weighted by molar-refractivity contribution is -0.274. The lowest BCUT2D eigenvalue weighted by atomic mass is 10.1.